The normalized spacial score (nSPS) is 16.9. The second-order valence-corrected chi connectivity index (χ2v) is 5.95. The summed E-state index contributed by atoms with van der Waals surface area (Å²) in [4.78, 5) is 11.5. The average Bonchev–Trinajstić information content (AvgIpc) is 2.69. The third-order valence-electron chi connectivity index (χ3n) is 3.48. The molecule has 1 aliphatic rings. The number of carbonyl (C=O) groups is 1. The van der Waals surface area contributed by atoms with E-state index in [1.165, 1.54) is 25.7 Å². The fraction of sp³-hybridized carbons (Fsp3) is 0.533. The van der Waals surface area contributed by atoms with Gasteiger partial charge in [0.25, 0.3) is 0 Å². The van der Waals surface area contributed by atoms with Crippen LogP contribution in [-0.4, -0.2) is 12.5 Å². The molecule has 0 aliphatic carbocycles. The lowest BCUT2D eigenvalue weighted by molar-refractivity contribution is -0.116. The van der Waals surface area contributed by atoms with E-state index < -0.39 is 6.04 Å². The maximum absolute atomic E-state index is 11.5. The third-order valence-corrected chi connectivity index (χ3v) is 4.10. The smallest absolute Gasteiger partial charge is 0.245 e. The maximum atomic E-state index is 11.5. The largest absolute Gasteiger partial charge is 0.492 e. The van der Waals surface area contributed by atoms with Crippen molar-refractivity contribution in [2.24, 2.45) is 5.73 Å². The van der Waals surface area contributed by atoms with Crippen molar-refractivity contribution < 1.29 is 9.53 Å². The van der Waals surface area contributed by atoms with Crippen molar-refractivity contribution in [2.75, 3.05) is 11.9 Å². The molecule has 0 radical (unpaired) electrons. The van der Waals surface area contributed by atoms with E-state index in [0.29, 0.717) is 6.61 Å². The van der Waals surface area contributed by atoms with Crippen molar-refractivity contribution in [3.63, 3.8) is 0 Å². The summed E-state index contributed by atoms with van der Waals surface area (Å²) in [6, 6.07) is 3.13. The van der Waals surface area contributed by atoms with E-state index in [4.69, 9.17) is 10.5 Å². The molecule has 2 rings (SSSR count). The molecule has 1 aliphatic heterocycles. The molecule has 5 heteroatoms. The highest BCUT2D eigenvalue weighted by Gasteiger charge is 2.28. The zero-order chi connectivity index (χ0) is 14.5. The minimum Gasteiger partial charge on any atom is -0.492 e. The van der Waals surface area contributed by atoms with Gasteiger partial charge in [-0.05, 0) is 28.4 Å². The fourth-order valence-corrected chi connectivity index (χ4v) is 2.76. The number of ether oxygens (including phenoxy) is 1. The number of fused-ring (bicyclic) bond motifs is 1. The van der Waals surface area contributed by atoms with E-state index in [-0.39, 0.29) is 5.91 Å². The van der Waals surface area contributed by atoms with Gasteiger partial charge in [0.05, 0.1) is 11.1 Å². The molecular weight excluding hydrogens is 320 g/mol. The summed E-state index contributed by atoms with van der Waals surface area (Å²) < 4.78 is 6.62. The van der Waals surface area contributed by atoms with Crippen LogP contribution in [0.4, 0.5) is 5.69 Å². The summed E-state index contributed by atoms with van der Waals surface area (Å²) in [5, 5.41) is 2.77. The second-order valence-electron chi connectivity index (χ2n) is 5.10. The molecule has 0 fully saturated rings. The summed E-state index contributed by atoms with van der Waals surface area (Å²) in [7, 11) is 0. The van der Waals surface area contributed by atoms with E-state index in [0.717, 1.165) is 27.9 Å². The summed E-state index contributed by atoms with van der Waals surface area (Å²) >= 11 is 3.47. The second kappa shape index (κ2) is 7.09. The first kappa shape index (κ1) is 15.3. The monoisotopic (exact) mass is 340 g/mol. The van der Waals surface area contributed by atoms with E-state index in [2.05, 4.69) is 28.2 Å². The number of hydrogen-bond acceptors (Lipinski definition) is 3. The van der Waals surface area contributed by atoms with Gasteiger partial charge in [0.15, 0.2) is 0 Å². The number of hydrogen-bond donors (Lipinski definition) is 2. The molecule has 1 heterocycles. The van der Waals surface area contributed by atoms with Gasteiger partial charge in [-0.1, -0.05) is 32.6 Å². The highest BCUT2D eigenvalue weighted by atomic mass is 79.9. The van der Waals surface area contributed by atoms with Gasteiger partial charge < -0.3 is 15.8 Å². The van der Waals surface area contributed by atoms with Gasteiger partial charge in [-0.25, -0.2) is 0 Å². The van der Waals surface area contributed by atoms with Crippen LogP contribution in [-0.2, 0) is 4.79 Å². The fourth-order valence-electron chi connectivity index (χ4n) is 2.28. The predicted octanol–water partition coefficient (Wildman–Crippen LogP) is 3.75. The number of rotatable bonds is 7. The highest BCUT2D eigenvalue weighted by molar-refractivity contribution is 9.10. The van der Waals surface area contributed by atoms with Crippen molar-refractivity contribution in [1.29, 1.82) is 0 Å². The number of nitrogens with two attached hydrogens (primary N) is 1. The van der Waals surface area contributed by atoms with Crippen LogP contribution in [0.2, 0.25) is 0 Å². The summed E-state index contributed by atoms with van der Waals surface area (Å²) in [5.41, 5.74) is 7.38. The summed E-state index contributed by atoms with van der Waals surface area (Å²) in [5.74, 6) is 0.595. The molecule has 0 aromatic heterocycles. The molecule has 20 heavy (non-hydrogen) atoms. The van der Waals surface area contributed by atoms with Crippen LogP contribution in [0, 0.1) is 0 Å². The molecule has 0 spiro atoms. The molecule has 1 atom stereocenters. The third kappa shape index (κ3) is 3.52. The van der Waals surface area contributed by atoms with Gasteiger partial charge >= 0.3 is 0 Å². The SMILES string of the molecule is CCCCCCCOc1cc2c(cc1Br)C(N)C(=O)N2. The molecule has 110 valence electrons. The van der Waals surface area contributed by atoms with E-state index in [1.54, 1.807) is 0 Å². The number of halogens is 1. The first-order chi connectivity index (χ1) is 9.63. The Bertz CT molecular complexity index is 491. The van der Waals surface area contributed by atoms with Crippen LogP contribution in [0.5, 0.6) is 5.75 Å². The molecule has 1 unspecified atom stereocenters. The van der Waals surface area contributed by atoms with Crippen molar-refractivity contribution in [1.82, 2.24) is 0 Å². The van der Waals surface area contributed by atoms with Crippen molar-refractivity contribution in [2.45, 2.75) is 45.1 Å². The molecule has 0 saturated heterocycles. The van der Waals surface area contributed by atoms with Gasteiger partial charge in [-0.3, -0.25) is 4.79 Å². The Morgan fingerprint density at radius 2 is 2.05 bits per heavy atom. The first-order valence-corrected chi connectivity index (χ1v) is 7.95. The standard InChI is InChI=1S/C15H21BrN2O2/c1-2-3-4-5-6-7-20-13-9-12-10(8-11(13)16)14(17)15(19)18-12/h8-9,14H,2-7,17H2,1H3,(H,18,19). The van der Waals surface area contributed by atoms with Crippen LogP contribution in [0.15, 0.2) is 16.6 Å². The zero-order valence-corrected chi connectivity index (χ0v) is 13.3. The molecule has 1 aromatic carbocycles. The Hall–Kier alpha value is -1.07. The number of unbranched alkanes of at least 4 members (excludes halogenated alkanes) is 4. The Morgan fingerprint density at radius 1 is 1.30 bits per heavy atom. The Morgan fingerprint density at radius 3 is 2.80 bits per heavy atom. The molecule has 3 N–H and O–H groups in total. The van der Waals surface area contributed by atoms with Gasteiger partial charge in [-0.15, -0.1) is 0 Å². The average molecular weight is 341 g/mol. The van der Waals surface area contributed by atoms with Gasteiger partial charge in [0.1, 0.15) is 11.8 Å². The van der Waals surface area contributed by atoms with Gasteiger partial charge in [0.2, 0.25) is 5.91 Å². The van der Waals surface area contributed by atoms with Crippen LogP contribution >= 0.6 is 15.9 Å². The number of benzene rings is 1. The Balaban J connectivity index is 1.90. The van der Waals surface area contributed by atoms with Crippen molar-refractivity contribution in [3.8, 4) is 5.75 Å². The molecule has 0 saturated carbocycles. The predicted molar refractivity (Wildman–Crippen MR) is 84.0 cm³/mol. The van der Waals surface area contributed by atoms with Crippen molar-refractivity contribution in [3.05, 3.63) is 22.2 Å². The highest BCUT2D eigenvalue weighted by Crippen LogP contribution is 2.37. The molecule has 4 nitrogen and oxygen atoms in total. The van der Waals surface area contributed by atoms with E-state index in [1.807, 2.05) is 12.1 Å². The summed E-state index contributed by atoms with van der Waals surface area (Å²) in [6.07, 6.45) is 6.03. The van der Waals surface area contributed by atoms with Crippen LogP contribution in [0.25, 0.3) is 0 Å². The lowest BCUT2D eigenvalue weighted by atomic mass is 10.1. The summed E-state index contributed by atoms with van der Waals surface area (Å²) in [6.45, 7) is 2.90. The Kier molecular flexibility index (Phi) is 5.43. The van der Waals surface area contributed by atoms with E-state index in [9.17, 15) is 4.79 Å². The maximum Gasteiger partial charge on any atom is 0.245 e. The van der Waals surface area contributed by atoms with Crippen molar-refractivity contribution >= 4 is 27.5 Å². The number of amides is 1. The number of carbonyl (C=O) groups excluding carboxylic acids is 1. The van der Waals surface area contributed by atoms with E-state index >= 15 is 0 Å². The minimum absolute atomic E-state index is 0.163. The molecule has 1 amide bonds. The lowest BCUT2D eigenvalue weighted by Gasteiger charge is -2.10. The van der Waals surface area contributed by atoms with Crippen LogP contribution in [0.1, 0.15) is 50.6 Å². The van der Waals surface area contributed by atoms with Crippen LogP contribution in [0.3, 0.4) is 0 Å². The molecular formula is C15H21BrN2O2. The first-order valence-electron chi connectivity index (χ1n) is 7.16. The van der Waals surface area contributed by atoms with Gasteiger partial charge in [-0.2, -0.15) is 0 Å². The quantitative estimate of drug-likeness (QED) is 0.743. The number of anilines is 1. The minimum atomic E-state index is -0.579. The topological polar surface area (TPSA) is 64.3 Å². The lowest BCUT2D eigenvalue weighted by Crippen LogP contribution is -2.19. The number of nitrogens with one attached hydrogen (secondary N) is 1. The molecule has 0 bridgehead atoms. The van der Waals surface area contributed by atoms with Gasteiger partial charge in [0, 0.05) is 17.3 Å². The van der Waals surface area contributed by atoms with Crippen LogP contribution < -0.4 is 15.8 Å². The Labute approximate surface area is 128 Å². The zero-order valence-electron chi connectivity index (χ0n) is 11.7. The molecule has 1 aromatic rings.